The molecule has 0 spiro atoms. The molecule has 21 heavy (non-hydrogen) atoms. The zero-order valence-electron chi connectivity index (χ0n) is 13.2. The molecule has 0 aromatic heterocycles. The summed E-state index contributed by atoms with van der Waals surface area (Å²) in [4.78, 5) is 0. The molecule has 1 aromatic rings. The van der Waals surface area contributed by atoms with Crippen molar-refractivity contribution in [2.75, 3.05) is 6.54 Å². The van der Waals surface area contributed by atoms with Gasteiger partial charge in [-0.05, 0) is 43.0 Å². The third kappa shape index (κ3) is 6.89. The van der Waals surface area contributed by atoms with E-state index in [1.807, 2.05) is 6.07 Å². The highest BCUT2D eigenvalue weighted by molar-refractivity contribution is 5.30. The molecule has 0 aliphatic heterocycles. The molecule has 0 aliphatic rings. The minimum atomic E-state index is -2.78. The highest BCUT2D eigenvalue weighted by Crippen LogP contribution is 2.27. The molecule has 0 fully saturated rings. The van der Waals surface area contributed by atoms with Gasteiger partial charge in [-0.2, -0.15) is 8.78 Å². The molecule has 2 atom stereocenters. The predicted molar refractivity (Wildman–Crippen MR) is 82.8 cm³/mol. The van der Waals surface area contributed by atoms with Gasteiger partial charge in [0.15, 0.2) is 0 Å². The van der Waals surface area contributed by atoms with Gasteiger partial charge in [-0.15, -0.1) is 0 Å². The second kappa shape index (κ2) is 9.72. The summed E-state index contributed by atoms with van der Waals surface area (Å²) in [5.41, 5.74) is 1.02. The van der Waals surface area contributed by atoms with Crippen molar-refractivity contribution in [1.29, 1.82) is 0 Å². The van der Waals surface area contributed by atoms with Crippen molar-refractivity contribution in [3.05, 3.63) is 29.8 Å². The monoisotopic (exact) mass is 299 g/mol. The summed E-state index contributed by atoms with van der Waals surface area (Å²) in [5.74, 6) is 0.831. The second-order valence-corrected chi connectivity index (χ2v) is 5.59. The SMILES string of the molecule is CCCNC(CC(C)CCC)c1cccc(OC(F)F)c1. The van der Waals surface area contributed by atoms with Crippen LogP contribution in [0.2, 0.25) is 0 Å². The Balaban J connectivity index is 2.80. The van der Waals surface area contributed by atoms with E-state index < -0.39 is 6.61 Å². The van der Waals surface area contributed by atoms with Gasteiger partial charge in [0.05, 0.1) is 0 Å². The average Bonchev–Trinajstić information content (AvgIpc) is 2.43. The summed E-state index contributed by atoms with van der Waals surface area (Å²) in [6, 6.07) is 7.23. The first-order valence-corrected chi connectivity index (χ1v) is 7.84. The minimum Gasteiger partial charge on any atom is -0.435 e. The van der Waals surface area contributed by atoms with Crippen molar-refractivity contribution in [2.24, 2.45) is 5.92 Å². The van der Waals surface area contributed by atoms with Crippen LogP contribution in [0, 0.1) is 5.92 Å². The second-order valence-electron chi connectivity index (χ2n) is 5.59. The van der Waals surface area contributed by atoms with Crippen molar-refractivity contribution in [3.8, 4) is 5.75 Å². The molecule has 0 aliphatic carbocycles. The molecule has 0 saturated carbocycles. The van der Waals surface area contributed by atoms with Crippen molar-refractivity contribution in [1.82, 2.24) is 5.32 Å². The number of hydrogen-bond donors (Lipinski definition) is 1. The van der Waals surface area contributed by atoms with Gasteiger partial charge in [0.1, 0.15) is 5.75 Å². The normalized spacial score (nSPS) is 14.2. The van der Waals surface area contributed by atoms with E-state index in [0.29, 0.717) is 5.92 Å². The van der Waals surface area contributed by atoms with Crippen LogP contribution in [0.1, 0.15) is 58.1 Å². The van der Waals surface area contributed by atoms with Gasteiger partial charge in [-0.25, -0.2) is 0 Å². The van der Waals surface area contributed by atoms with E-state index in [1.54, 1.807) is 18.2 Å². The summed E-state index contributed by atoms with van der Waals surface area (Å²) in [7, 11) is 0. The number of ether oxygens (including phenoxy) is 1. The Morgan fingerprint density at radius 3 is 2.57 bits per heavy atom. The van der Waals surface area contributed by atoms with Gasteiger partial charge in [0, 0.05) is 6.04 Å². The Morgan fingerprint density at radius 1 is 1.19 bits per heavy atom. The van der Waals surface area contributed by atoms with E-state index in [9.17, 15) is 8.78 Å². The standard InChI is InChI=1S/C17H27F2NO/c1-4-7-13(3)11-16(20-10-5-2)14-8-6-9-15(12-14)21-17(18)19/h6,8-9,12-13,16-17,20H,4-5,7,10-11H2,1-3H3. The molecule has 2 nitrogen and oxygen atoms in total. The number of alkyl halides is 2. The zero-order chi connectivity index (χ0) is 15.7. The smallest absolute Gasteiger partial charge is 0.387 e. The lowest BCUT2D eigenvalue weighted by Gasteiger charge is -2.23. The highest BCUT2D eigenvalue weighted by atomic mass is 19.3. The van der Waals surface area contributed by atoms with E-state index in [2.05, 4.69) is 30.8 Å². The van der Waals surface area contributed by atoms with Gasteiger partial charge in [-0.3, -0.25) is 0 Å². The summed E-state index contributed by atoms with van der Waals surface area (Å²) in [5, 5.41) is 3.51. The maximum Gasteiger partial charge on any atom is 0.387 e. The van der Waals surface area contributed by atoms with Gasteiger partial charge < -0.3 is 10.1 Å². The summed E-state index contributed by atoms with van der Waals surface area (Å²) in [6.07, 6.45) is 4.39. The molecular weight excluding hydrogens is 272 g/mol. The lowest BCUT2D eigenvalue weighted by molar-refractivity contribution is -0.0499. The minimum absolute atomic E-state index is 0.188. The first-order valence-electron chi connectivity index (χ1n) is 7.84. The van der Waals surface area contributed by atoms with Crippen LogP contribution in [-0.4, -0.2) is 13.2 Å². The molecule has 4 heteroatoms. The summed E-state index contributed by atoms with van der Waals surface area (Å²) >= 11 is 0. The number of nitrogens with one attached hydrogen (secondary N) is 1. The van der Waals surface area contributed by atoms with E-state index in [0.717, 1.165) is 31.4 Å². The van der Waals surface area contributed by atoms with E-state index >= 15 is 0 Å². The fraction of sp³-hybridized carbons (Fsp3) is 0.647. The first-order chi connectivity index (χ1) is 10.1. The van der Waals surface area contributed by atoms with Crippen LogP contribution in [0.5, 0.6) is 5.75 Å². The van der Waals surface area contributed by atoms with E-state index in [4.69, 9.17) is 0 Å². The van der Waals surface area contributed by atoms with Crippen molar-refractivity contribution in [3.63, 3.8) is 0 Å². The largest absolute Gasteiger partial charge is 0.435 e. The van der Waals surface area contributed by atoms with Crippen LogP contribution in [-0.2, 0) is 0 Å². The number of hydrogen-bond acceptors (Lipinski definition) is 2. The van der Waals surface area contributed by atoms with Crippen LogP contribution < -0.4 is 10.1 Å². The topological polar surface area (TPSA) is 21.3 Å². The zero-order valence-corrected chi connectivity index (χ0v) is 13.2. The Bertz CT molecular complexity index is 398. The Kier molecular flexibility index (Phi) is 8.28. The van der Waals surface area contributed by atoms with Gasteiger partial charge in [0.2, 0.25) is 0 Å². The fourth-order valence-corrected chi connectivity index (χ4v) is 2.58. The molecule has 1 rings (SSSR count). The summed E-state index contributed by atoms with van der Waals surface area (Å²) < 4.78 is 29.2. The number of benzene rings is 1. The molecule has 2 unspecified atom stereocenters. The molecule has 0 saturated heterocycles. The van der Waals surface area contributed by atoms with Crippen LogP contribution >= 0.6 is 0 Å². The van der Waals surface area contributed by atoms with Crippen LogP contribution in [0.4, 0.5) is 8.78 Å². The maximum atomic E-state index is 12.3. The third-order valence-electron chi connectivity index (χ3n) is 3.55. The van der Waals surface area contributed by atoms with Crippen LogP contribution in [0.15, 0.2) is 24.3 Å². The molecular formula is C17H27F2NO. The first kappa shape index (κ1) is 17.9. The molecule has 120 valence electrons. The predicted octanol–water partition coefficient (Wildman–Crippen LogP) is 5.16. The Hall–Kier alpha value is -1.16. The Labute approximate surface area is 126 Å². The molecule has 0 bridgehead atoms. The molecule has 1 aromatic carbocycles. The van der Waals surface area contributed by atoms with Crippen LogP contribution in [0.25, 0.3) is 0 Å². The molecule has 0 radical (unpaired) electrons. The fourth-order valence-electron chi connectivity index (χ4n) is 2.58. The molecule has 0 amide bonds. The lowest BCUT2D eigenvalue weighted by atomic mass is 9.93. The van der Waals surface area contributed by atoms with Crippen molar-refractivity contribution < 1.29 is 13.5 Å². The quantitative estimate of drug-likeness (QED) is 0.644. The number of rotatable bonds is 10. The van der Waals surface area contributed by atoms with E-state index in [-0.39, 0.29) is 11.8 Å². The highest BCUT2D eigenvalue weighted by Gasteiger charge is 2.15. The lowest BCUT2D eigenvalue weighted by Crippen LogP contribution is -2.24. The van der Waals surface area contributed by atoms with Gasteiger partial charge >= 0.3 is 6.61 Å². The van der Waals surface area contributed by atoms with E-state index in [1.165, 1.54) is 6.42 Å². The van der Waals surface area contributed by atoms with Crippen molar-refractivity contribution >= 4 is 0 Å². The maximum absolute atomic E-state index is 12.3. The summed E-state index contributed by atoms with van der Waals surface area (Å²) in [6.45, 7) is 4.69. The van der Waals surface area contributed by atoms with Gasteiger partial charge in [0.25, 0.3) is 0 Å². The van der Waals surface area contributed by atoms with Crippen LogP contribution in [0.3, 0.4) is 0 Å². The third-order valence-corrected chi connectivity index (χ3v) is 3.55. The van der Waals surface area contributed by atoms with Gasteiger partial charge in [-0.1, -0.05) is 45.7 Å². The van der Waals surface area contributed by atoms with Crippen molar-refractivity contribution in [2.45, 2.75) is 59.1 Å². The Morgan fingerprint density at radius 2 is 1.95 bits per heavy atom. The molecule has 0 heterocycles. The number of halogens is 2. The average molecular weight is 299 g/mol. The molecule has 1 N–H and O–H groups in total.